The zero-order chi connectivity index (χ0) is 26.9. The molecule has 3 aromatic rings. The van der Waals surface area contributed by atoms with Gasteiger partial charge in [0.05, 0.1) is 11.1 Å². The number of benzene rings is 1. The molecule has 0 radical (unpaired) electrons. The highest BCUT2D eigenvalue weighted by molar-refractivity contribution is 6.33. The number of aromatic nitrogens is 4. The first-order valence-electron chi connectivity index (χ1n) is 11.7. The molecule has 6 nitrogen and oxygen atoms in total. The summed E-state index contributed by atoms with van der Waals surface area (Å²) in [4.78, 5) is 9.09. The number of nitrogens with zero attached hydrogens (tertiary/aromatic N) is 5. The van der Waals surface area contributed by atoms with Crippen LogP contribution in [0.5, 0.6) is 0 Å². The predicted molar refractivity (Wildman–Crippen MR) is 115 cm³/mol. The lowest BCUT2D eigenvalue weighted by molar-refractivity contribution is -0.138. The summed E-state index contributed by atoms with van der Waals surface area (Å²) in [5.41, 5.74) is -1.14. The summed E-state index contributed by atoms with van der Waals surface area (Å²) in [6, 6.07) is -0.207. The standard InChI is InChI=1S/C22H18ClF5N6/c1-10(22(26,27)28)31-20-18(19(23)32-21-29-9-30-34(20)21)17-15(24)5-11(6-16(17)25)3-4-12-13-7-33(2)8-14(12)13/h5-6,9-10,12-14,31H,7-8H2,1-2H3/t10-,12?,13-,14+/m0/s1/i2D3. The SMILES string of the molecule is [2H]C([2H])([2H])N1C[C@@H]2C(C#Cc3cc(F)c(-c4c(Cl)nc5ncnn5c4N[C@@H](C)C(F)(F)F)c(F)c3)[C@@H]2C1. The average Bonchev–Trinajstić information content (AvgIpc) is 3.13. The van der Waals surface area contributed by atoms with Crippen LogP contribution in [0.2, 0.25) is 5.15 Å². The Balaban J connectivity index is 1.47. The maximum atomic E-state index is 15.2. The molecule has 1 saturated carbocycles. The summed E-state index contributed by atoms with van der Waals surface area (Å²) < 4.78 is 93.6. The number of likely N-dealkylation sites (tertiary alicyclic amines) is 1. The molecular formula is C22H18ClF5N6. The Morgan fingerprint density at radius 1 is 1.21 bits per heavy atom. The highest BCUT2D eigenvalue weighted by Gasteiger charge is 2.54. The second-order valence-electron chi connectivity index (χ2n) is 8.35. The van der Waals surface area contributed by atoms with Crippen LogP contribution < -0.4 is 5.32 Å². The van der Waals surface area contributed by atoms with Crippen molar-refractivity contribution >= 4 is 23.2 Å². The van der Waals surface area contributed by atoms with E-state index in [0.717, 1.165) is 29.9 Å². The number of fused-ring (bicyclic) bond motifs is 2. The number of hydrogen-bond acceptors (Lipinski definition) is 5. The fourth-order valence-corrected chi connectivity index (χ4v) is 4.51. The van der Waals surface area contributed by atoms with Gasteiger partial charge in [0.15, 0.2) is 0 Å². The van der Waals surface area contributed by atoms with Gasteiger partial charge in [0.2, 0.25) is 0 Å². The third-order valence-electron chi connectivity index (χ3n) is 6.10. The minimum absolute atomic E-state index is 0.0143. The number of nitrogens with one attached hydrogen (secondary N) is 1. The summed E-state index contributed by atoms with van der Waals surface area (Å²) in [5, 5.41) is 5.52. The van der Waals surface area contributed by atoms with Crippen LogP contribution in [0.15, 0.2) is 18.5 Å². The molecule has 4 atom stereocenters. The number of anilines is 1. The summed E-state index contributed by atoms with van der Waals surface area (Å²) >= 11 is 6.17. The molecule has 2 aromatic heterocycles. The zero-order valence-electron chi connectivity index (χ0n) is 20.5. The van der Waals surface area contributed by atoms with Gasteiger partial charge < -0.3 is 10.2 Å². The van der Waals surface area contributed by atoms with E-state index < -0.39 is 52.9 Å². The van der Waals surface area contributed by atoms with Crippen LogP contribution >= 0.6 is 11.6 Å². The molecule has 0 amide bonds. The Morgan fingerprint density at radius 3 is 2.50 bits per heavy atom. The Hall–Kier alpha value is -2.97. The van der Waals surface area contributed by atoms with Crippen molar-refractivity contribution in [2.45, 2.75) is 19.1 Å². The molecule has 1 saturated heterocycles. The lowest BCUT2D eigenvalue weighted by atomic mass is 10.0. The Morgan fingerprint density at radius 2 is 1.88 bits per heavy atom. The first-order chi connectivity index (χ1) is 17.3. The molecule has 1 aromatic carbocycles. The van der Waals surface area contributed by atoms with Gasteiger partial charge >= 0.3 is 6.18 Å². The molecule has 3 heterocycles. The summed E-state index contributed by atoms with van der Waals surface area (Å²) in [5.74, 6) is 2.97. The first-order valence-corrected chi connectivity index (χ1v) is 10.6. The third-order valence-corrected chi connectivity index (χ3v) is 6.37. The van der Waals surface area contributed by atoms with Gasteiger partial charge in [0.1, 0.15) is 35.0 Å². The maximum Gasteiger partial charge on any atom is 0.408 e. The molecule has 2 fully saturated rings. The minimum atomic E-state index is -4.68. The summed E-state index contributed by atoms with van der Waals surface area (Å²) in [7, 11) is 0. The number of alkyl halides is 3. The first kappa shape index (κ1) is 19.3. The normalized spacial score (nSPS) is 24.6. The van der Waals surface area contributed by atoms with Gasteiger partial charge in [-0.25, -0.2) is 8.78 Å². The van der Waals surface area contributed by atoms with Crippen LogP contribution in [0.4, 0.5) is 27.8 Å². The highest BCUT2D eigenvalue weighted by Crippen LogP contribution is 2.50. The van der Waals surface area contributed by atoms with Crippen molar-refractivity contribution in [2.24, 2.45) is 17.8 Å². The largest absolute Gasteiger partial charge is 0.408 e. The Kier molecular flexibility index (Phi) is 4.59. The monoisotopic (exact) mass is 499 g/mol. The quantitative estimate of drug-likeness (QED) is 0.332. The second kappa shape index (κ2) is 8.06. The topological polar surface area (TPSA) is 58.4 Å². The van der Waals surface area contributed by atoms with Gasteiger partial charge in [-0.1, -0.05) is 23.4 Å². The van der Waals surface area contributed by atoms with Crippen LogP contribution in [0.1, 0.15) is 16.6 Å². The van der Waals surface area contributed by atoms with Crippen LogP contribution in [-0.4, -0.2) is 56.8 Å². The van der Waals surface area contributed by atoms with E-state index >= 15 is 8.78 Å². The van der Waals surface area contributed by atoms with Crippen molar-refractivity contribution < 1.29 is 26.1 Å². The third kappa shape index (κ3) is 3.95. The van der Waals surface area contributed by atoms with Gasteiger partial charge in [-0.15, -0.1) is 0 Å². The van der Waals surface area contributed by atoms with Crippen molar-refractivity contribution in [3.8, 4) is 23.0 Å². The molecule has 0 spiro atoms. The summed E-state index contributed by atoms with van der Waals surface area (Å²) in [6.45, 7) is -0.573. The van der Waals surface area contributed by atoms with E-state index in [0.29, 0.717) is 13.1 Å². The van der Waals surface area contributed by atoms with Crippen molar-refractivity contribution in [2.75, 3.05) is 25.4 Å². The fraction of sp³-hybridized carbons (Fsp3) is 0.409. The molecule has 1 N–H and O–H groups in total. The maximum absolute atomic E-state index is 15.2. The number of rotatable bonds is 3. The molecule has 1 unspecified atom stereocenters. The highest BCUT2D eigenvalue weighted by atomic mass is 35.5. The van der Waals surface area contributed by atoms with E-state index in [1.54, 1.807) is 0 Å². The average molecular weight is 500 g/mol. The molecule has 5 rings (SSSR count). The van der Waals surface area contributed by atoms with E-state index in [-0.39, 0.29) is 29.1 Å². The van der Waals surface area contributed by atoms with Crippen molar-refractivity contribution in [1.29, 1.82) is 0 Å². The second-order valence-corrected chi connectivity index (χ2v) is 8.71. The predicted octanol–water partition coefficient (Wildman–Crippen LogP) is 4.24. The van der Waals surface area contributed by atoms with Crippen LogP contribution in [-0.2, 0) is 0 Å². The zero-order valence-corrected chi connectivity index (χ0v) is 18.2. The van der Waals surface area contributed by atoms with E-state index in [4.69, 9.17) is 15.7 Å². The van der Waals surface area contributed by atoms with Gasteiger partial charge in [-0.05, 0) is 37.9 Å². The lowest BCUT2D eigenvalue weighted by Gasteiger charge is -2.21. The summed E-state index contributed by atoms with van der Waals surface area (Å²) in [6.07, 6.45) is -3.67. The van der Waals surface area contributed by atoms with E-state index in [1.807, 2.05) is 0 Å². The fourth-order valence-electron chi connectivity index (χ4n) is 4.25. The van der Waals surface area contributed by atoms with Crippen molar-refractivity contribution in [3.05, 3.63) is 40.8 Å². The smallest absolute Gasteiger partial charge is 0.358 e. The molecule has 0 bridgehead atoms. The Labute approximate surface area is 200 Å². The van der Waals surface area contributed by atoms with Crippen molar-refractivity contribution in [3.63, 3.8) is 0 Å². The molecule has 1 aliphatic carbocycles. The number of halogens is 6. The van der Waals surface area contributed by atoms with Gasteiger partial charge in [0.25, 0.3) is 5.78 Å². The van der Waals surface area contributed by atoms with E-state index in [1.165, 1.54) is 4.90 Å². The molecular weight excluding hydrogens is 479 g/mol. The minimum Gasteiger partial charge on any atom is -0.358 e. The Bertz CT molecular complexity index is 1410. The van der Waals surface area contributed by atoms with Gasteiger partial charge in [-0.2, -0.15) is 32.8 Å². The number of hydrogen-bond donors (Lipinski definition) is 1. The molecule has 2 aliphatic rings. The van der Waals surface area contributed by atoms with Crippen LogP contribution in [0, 0.1) is 41.2 Å². The molecule has 1 aliphatic heterocycles. The van der Waals surface area contributed by atoms with E-state index in [9.17, 15) is 13.2 Å². The molecule has 178 valence electrons. The number of piperidine rings is 1. The van der Waals surface area contributed by atoms with Gasteiger partial charge in [0, 0.05) is 28.7 Å². The molecule has 12 heteroatoms. The lowest BCUT2D eigenvalue weighted by Crippen LogP contribution is -2.34. The molecule has 34 heavy (non-hydrogen) atoms. The van der Waals surface area contributed by atoms with Crippen LogP contribution in [0.25, 0.3) is 16.9 Å². The van der Waals surface area contributed by atoms with Crippen LogP contribution in [0.3, 0.4) is 0 Å². The van der Waals surface area contributed by atoms with Crippen molar-refractivity contribution in [1.82, 2.24) is 24.5 Å². The van der Waals surface area contributed by atoms with Gasteiger partial charge in [-0.3, -0.25) is 0 Å². The van der Waals surface area contributed by atoms with E-state index in [2.05, 4.69) is 32.2 Å².